The molecule has 0 bridgehead atoms. The average Bonchev–Trinajstić information content (AvgIpc) is 2.50. The summed E-state index contributed by atoms with van der Waals surface area (Å²) >= 11 is 1.92. The number of carbonyl (C=O) groups is 1. The highest BCUT2D eigenvalue weighted by molar-refractivity contribution is 7.99. The van der Waals surface area contributed by atoms with E-state index in [-0.39, 0.29) is 18.5 Å². The molecule has 0 aromatic heterocycles. The van der Waals surface area contributed by atoms with E-state index in [1.165, 1.54) is 4.90 Å². The van der Waals surface area contributed by atoms with Crippen molar-refractivity contribution >= 4 is 17.7 Å². The molecule has 0 N–H and O–H groups in total. The lowest BCUT2D eigenvalue weighted by Gasteiger charge is -2.35. The molecule has 1 saturated heterocycles. The van der Waals surface area contributed by atoms with Gasteiger partial charge in [0.1, 0.15) is 12.6 Å². The van der Waals surface area contributed by atoms with E-state index in [1.807, 2.05) is 48.2 Å². The molecule has 1 unspecified atom stereocenters. The first-order chi connectivity index (χ1) is 9.74. The van der Waals surface area contributed by atoms with Gasteiger partial charge in [0, 0.05) is 31.6 Å². The first kappa shape index (κ1) is 14.9. The fourth-order valence-corrected chi connectivity index (χ4v) is 3.30. The van der Waals surface area contributed by atoms with Crippen LogP contribution in [0.15, 0.2) is 30.3 Å². The van der Waals surface area contributed by atoms with Crippen LogP contribution in [0.2, 0.25) is 0 Å². The van der Waals surface area contributed by atoms with Gasteiger partial charge in [0.05, 0.1) is 6.07 Å². The van der Waals surface area contributed by atoms with Gasteiger partial charge in [-0.05, 0) is 5.56 Å². The quantitative estimate of drug-likeness (QED) is 0.793. The molecule has 1 aliphatic heterocycles. The molecule has 0 aliphatic carbocycles. The standard InChI is InChI=1S/C15H19N3OS/c1-17(8-7-16)15(19)14(13-5-3-2-4-6-13)18-9-11-20-12-10-18/h2-6,14H,8-12H2,1H3. The highest BCUT2D eigenvalue weighted by Gasteiger charge is 2.30. The molecule has 1 aromatic rings. The van der Waals surface area contributed by atoms with Gasteiger partial charge >= 0.3 is 0 Å². The van der Waals surface area contributed by atoms with Gasteiger partial charge in [-0.1, -0.05) is 30.3 Å². The molecule has 1 fully saturated rings. The number of nitriles is 1. The molecule has 5 heteroatoms. The molecular formula is C15H19N3OS. The number of carbonyl (C=O) groups excluding carboxylic acids is 1. The summed E-state index contributed by atoms with van der Waals surface area (Å²) in [4.78, 5) is 16.4. The lowest BCUT2D eigenvalue weighted by atomic mass is 10.0. The topological polar surface area (TPSA) is 47.3 Å². The minimum atomic E-state index is -0.268. The number of amides is 1. The molecule has 106 valence electrons. The van der Waals surface area contributed by atoms with E-state index < -0.39 is 0 Å². The van der Waals surface area contributed by atoms with E-state index >= 15 is 0 Å². The summed E-state index contributed by atoms with van der Waals surface area (Å²) in [5.74, 6) is 2.11. The molecular weight excluding hydrogens is 270 g/mol. The molecule has 1 aliphatic rings. The third-order valence-corrected chi connectivity index (χ3v) is 4.39. The number of rotatable bonds is 4. The Hall–Kier alpha value is -1.51. The van der Waals surface area contributed by atoms with Gasteiger partial charge in [-0.25, -0.2) is 0 Å². The van der Waals surface area contributed by atoms with Crippen molar-refractivity contribution in [1.82, 2.24) is 9.80 Å². The van der Waals surface area contributed by atoms with Crippen LogP contribution in [-0.4, -0.2) is 53.9 Å². The van der Waals surface area contributed by atoms with Gasteiger partial charge in [0.15, 0.2) is 0 Å². The average molecular weight is 289 g/mol. The van der Waals surface area contributed by atoms with Crippen molar-refractivity contribution in [3.8, 4) is 6.07 Å². The summed E-state index contributed by atoms with van der Waals surface area (Å²) in [5, 5.41) is 8.79. The van der Waals surface area contributed by atoms with Crippen LogP contribution < -0.4 is 0 Å². The Kier molecular flexibility index (Phi) is 5.45. The van der Waals surface area contributed by atoms with E-state index in [4.69, 9.17) is 5.26 Å². The zero-order chi connectivity index (χ0) is 14.4. The molecule has 4 nitrogen and oxygen atoms in total. The molecule has 0 radical (unpaired) electrons. The van der Waals surface area contributed by atoms with Gasteiger partial charge in [-0.15, -0.1) is 0 Å². The van der Waals surface area contributed by atoms with Crippen LogP contribution in [0.5, 0.6) is 0 Å². The predicted octanol–water partition coefficient (Wildman–Crippen LogP) is 1.76. The van der Waals surface area contributed by atoms with Crippen molar-refractivity contribution in [3.63, 3.8) is 0 Å². The predicted molar refractivity (Wildman–Crippen MR) is 81.3 cm³/mol. The van der Waals surface area contributed by atoms with Crippen LogP contribution in [0.4, 0.5) is 0 Å². The summed E-state index contributed by atoms with van der Waals surface area (Å²) in [5.41, 5.74) is 1.01. The van der Waals surface area contributed by atoms with Gasteiger partial charge < -0.3 is 4.90 Å². The van der Waals surface area contributed by atoms with E-state index in [1.54, 1.807) is 7.05 Å². The largest absolute Gasteiger partial charge is 0.331 e. The van der Waals surface area contributed by atoms with Crippen molar-refractivity contribution < 1.29 is 4.79 Å². The molecule has 20 heavy (non-hydrogen) atoms. The van der Waals surface area contributed by atoms with Gasteiger partial charge in [-0.3, -0.25) is 9.69 Å². The monoisotopic (exact) mass is 289 g/mol. The second kappa shape index (κ2) is 7.32. The minimum Gasteiger partial charge on any atom is -0.331 e. The molecule has 2 rings (SSSR count). The Morgan fingerprint density at radius 2 is 2.05 bits per heavy atom. The fourth-order valence-electron chi connectivity index (χ4n) is 2.37. The molecule has 0 spiro atoms. The maximum absolute atomic E-state index is 12.7. The molecule has 1 atom stereocenters. The SMILES string of the molecule is CN(CC#N)C(=O)C(c1ccccc1)N1CCSCC1. The number of hydrogen-bond donors (Lipinski definition) is 0. The lowest BCUT2D eigenvalue weighted by Crippen LogP contribution is -2.44. The number of nitrogens with zero attached hydrogens (tertiary/aromatic N) is 3. The highest BCUT2D eigenvalue weighted by atomic mass is 32.2. The number of benzene rings is 1. The maximum atomic E-state index is 12.7. The highest BCUT2D eigenvalue weighted by Crippen LogP contribution is 2.25. The van der Waals surface area contributed by atoms with Crippen LogP contribution in [0.25, 0.3) is 0 Å². The summed E-state index contributed by atoms with van der Waals surface area (Å²) in [6.45, 7) is 1.96. The van der Waals surface area contributed by atoms with Crippen molar-refractivity contribution in [3.05, 3.63) is 35.9 Å². The van der Waals surface area contributed by atoms with Gasteiger partial charge in [0.2, 0.25) is 5.91 Å². The smallest absolute Gasteiger partial charge is 0.245 e. The van der Waals surface area contributed by atoms with Crippen LogP contribution in [-0.2, 0) is 4.79 Å². The first-order valence-electron chi connectivity index (χ1n) is 6.72. The zero-order valence-electron chi connectivity index (χ0n) is 11.7. The van der Waals surface area contributed by atoms with Crippen LogP contribution in [0.3, 0.4) is 0 Å². The van der Waals surface area contributed by atoms with Crippen molar-refractivity contribution in [2.75, 3.05) is 38.2 Å². The van der Waals surface area contributed by atoms with Gasteiger partial charge in [0.25, 0.3) is 0 Å². The Bertz CT molecular complexity index is 480. The van der Waals surface area contributed by atoms with E-state index in [0.29, 0.717) is 0 Å². The normalized spacial score (nSPS) is 17.2. The minimum absolute atomic E-state index is 0.00431. The lowest BCUT2D eigenvalue weighted by molar-refractivity contribution is -0.135. The van der Waals surface area contributed by atoms with E-state index in [0.717, 1.165) is 30.2 Å². The number of thioether (sulfide) groups is 1. The van der Waals surface area contributed by atoms with Crippen molar-refractivity contribution in [2.45, 2.75) is 6.04 Å². The van der Waals surface area contributed by atoms with E-state index in [9.17, 15) is 4.79 Å². The van der Waals surface area contributed by atoms with E-state index in [2.05, 4.69) is 4.90 Å². The molecule has 1 aromatic carbocycles. The molecule has 1 amide bonds. The number of hydrogen-bond acceptors (Lipinski definition) is 4. The summed E-state index contributed by atoms with van der Waals surface area (Å²) in [6, 6.07) is 11.6. The van der Waals surface area contributed by atoms with Crippen molar-refractivity contribution in [1.29, 1.82) is 5.26 Å². The third-order valence-electron chi connectivity index (χ3n) is 3.44. The summed E-state index contributed by atoms with van der Waals surface area (Å²) in [6.07, 6.45) is 0. The molecule has 0 saturated carbocycles. The van der Waals surface area contributed by atoms with Crippen LogP contribution in [0, 0.1) is 11.3 Å². The Morgan fingerprint density at radius 3 is 2.65 bits per heavy atom. The van der Waals surface area contributed by atoms with Gasteiger partial charge in [-0.2, -0.15) is 17.0 Å². The third kappa shape index (κ3) is 3.53. The van der Waals surface area contributed by atoms with Crippen LogP contribution >= 0.6 is 11.8 Å². The summed E-state index contributed by atoms with van der Waals surface area (Å²) < 4.78 is 0. The Balaban J connectivity index is 2.24. The number of likely N-dealkylation sites (N-methyl/N-ethyl adjacent to an activating group) is 1. The molecule has 1 heterocycles. The van der Waals surface area contributed by atoms with Crippen LogP contribution in [0.1, 0.15) is 11.6 Å². The van der Waals surface area contributed by atoms with Crippen molar-refractivity contribution in [2.24, 2.45) is 0 Å². The first-order valence-corrected chi connectivity index (χ1v) is 7.88. The summed E-state index contributed by atoms with van der Waals surface area (Å²) in [7, 11) is 1.69. The zero-order valence-corrected chi connectivity index (χ0v) is 12.5. The fraction of sp³-hybridized carbons (Fsp3) is 0.467. The second-order valence-corrected chi connectivity index (χ2v) is 6.04. The second-order valence-electron chi connectivity index (χ2n) is 4.81. The Morgan fingerprint density at radius 1 is 1.40 bits per heavy atom. The Labute approximate surface area is 124 Å². The maximum Gasteiger partial charge on any atom is 0.245 e.